The molecule has 3 heteroatoms. The van der Waals surface area contributed by atoms with Gasteiger partial charge in [-0.15, -0.1) is 0 Å². The molecule has 1 heterocycles. The molecule has 0 amide bonds. The molecule has 0 spiro atoms. The van der Waals surface area contributed by atoms with Gasteiger partial charge in [0, 0.05) is 13.2 Å². The zero-order valence-corrected chi connectivity index (χ0v) is 8.05. The molecule has 0 aliphatic carbocycles. The molecular weight excluding hydrogens is 140 g/mol. The summed E-state index contributed by atoms with van der Waals surface area (Å²) < 4.78 is 9.19. The summed E-state index contributed by atoms with van der Waals surface area (Å²) in [6.45, 7) is 8.53. The summed E-state index contributed by atoms with van der Waals surface area (Å²) in [5.41, 5.74) is 0. The fraction of sp³-hybridized carbons (Fsp3) is 0.714. The number of ether oxygens (including phenoxy) is 2. The van der Waals surface area contributed by atoms with Gasteiger partial charge in [0.15, 0.2) is 0 Å². The molecule has 0 aromatic heterocycles. The summed E-state index contributed by atoms with van der Waals surface area (Å²) in [7, 11) is 0. The van der Waals surface area contributed by atoms with E-state index in [-0.39, 0.29) is 23.1 Å². The quantitative estimate of drug-likeness (QED) is 0.420. The Morgan fingerprint density at radius 1 is 1.40 bits per heavy atom. The molecule has 0 N–H and O–H groups in total. The first kappa shape index (κ1) is 13.3. The van der Waals surface area contributed by atoms with Crippen LogP contribution in [0.4, 0.5) is 0 Å². The average Bonchev–Trinajstić information content (AvgIpc) is 2.43. The van der Waals surface area contributed by atoms with Crippen molar-refractivity contribution in [2.24, 2.45) is 0 Å². The van der Waals surface area contributed by atoms with Gasteiger partial charge in [-0.3, -0.25) is 0 Å². The van der Waals surface area contributed by atoms with E-state index in [0.29, 0.717) is 0 Å². The van der Waals surface area contributed by atoms with Crippen LogP contribution in [0.3, 0.4) is 0 Å². The van der Waals surface area contributed by atoms with E-state index in [9.17, 15) is 0 Å². The molecule has 56 valence electrons. The smallest absolute Gasteiger partial charge is 0.523 e. The van der Waals surface area contributed by atoms with E-state index >= 15 is 0 Å². The SMILES string of the molecule is [CH-]1OCCO1.[CH2-]CCC.[Mg+2]. The molecule has 0 unspecified atom stereocenters. The van der Waals surface area contributed by atoms with Gasteiger partial charge in [-0.05, 0) is 0 Å². The van der Waals surface area contributed by atoms with Gasteiger partial charge in [-0.25, -0.2) is 0 Å². The molecule has 1 rings (SSSR count). The van der Waals surface area contributed by atoms with Crippen molar-refractivity contribution in [3.05, 3.63) is 13.7 Å². The first-order valence-electron chi connectivity index (χ1n) is 3.26. The zero-order valence-electron chi connectivity index (χ0n) is 6.64. The Hall–Kier alpha value is 0.686. The molecule has 0 aromatic carbocycles. The molecule has 1 aliphatic heterocycles. The van der Waals surface area contributed by atoms with E-state index in [1.54, 1.807) is 0 Å². The van der Waals surface area contributed by atoms with E-state index in [4.69, 9.17) is 0 Å². The van der Waals surface area contributed by atoms with E-state index in [2.05, 4.69) is 23.3 Å². The summed E-state index contributed by atoms with van der Waals surface area (Å²) in [5, 5.41) is 0. The Kier molecular flexibility index (Phi) is 16.4. The summed E-state index contributed by atoms with van der Waals surface area (Å²) in [4.78, 5) is 0. The number of hydrogen-bond donors (Lipinski definition) is 0. The zero-order chi connectivity index (χ0) is 6.95. The van der Waals surface area contributed by atoms with Crippen LogP contribution in [0.1, 0.15) is 19.8 Å². The maximum Gasteiger partial charge on any atom is 2.00 e. The van der Waals surface area contributed by atoms with E-state index in [1.807, 2.05) is 0 Å². The second kappa shape index (κ2) is 12.4. The number of unbranched alkanes of at least 4 members (excludes halogenated alkanes) is 1. The molecule has 10 heavy (non-hydrogen) atoms. The van der Waals surface area contributed by atoms with Gasteiger partial charge in [0.1, 0.15) is 0 Å². The second-order valence-electron chi connectivity index (χ2n) is 1.69. The van der Waals surface area contributed by atoms with Gasteiger partial charge in [0.25, 0.3) is 0 Å². The second-order valence-corrected chi connectivity index (χ2v) is 1.69. The Bertz CT molecular complexity index is 37.3. The average molecular weight is 154 g/mol. The van der Waals surface area contributed by atoms with Gasteiger partial charge >= 0.3 is 23.1 Å². The van der Waals surface area contributed by atoms with Crippen molar-refractivity contribution < 1.29 is 9.47 Å². The van der Waals surface area contributed by atoms with Crippen LogP contribution in [0.2, 0.25) is 0 Å². The van der Waals surface area contributed by atoms with Crippen molar-refractivity contribution in [2.45, 2.75) is 19.8 Å². The topological polar surface area (TPSA) is 18.5 Å². The van der Waals surface area contributed by atoms with E-state index in [0.717, 1.165) is 19.6 Å². The van der Waals surface area contributed by atoms with Crippen LogP contribution >= 0.6 is 0 Å². The van der Waals surface area contributed by atoms with Gasteiger partial charge in [0.05, 0.1) is 0 Å². The van der Waals surface area contributed by atoms with Crippen molar-refractivity contribution >= 4 is 23.1 Å². The standard InChI is InChI=1S/C4H9.C3H5O2.Mg/c1-3-4-2;1-2-5-3-4-1;/h1,3-4H2,2H3;3H,1-2H2;/q2*-1;+2. The van der Waals surface area contributed by atoms with Crippen LogP contribution in [0.5, 0.6) is 0 Å². The van der Waals surface area contributed by atoms with Crippen molar-refractivity contribution in [3.63, 3.8) is 0 Å². The molecule has 1 saturated heterocycles. The fourth-order valence-corrected chi connectivity index (χ4v) is 0.241. The minimum Gasteiger partial charge on any atom is -0.523 e. The fourth-order valence-electron chi connectivity index (χ4n) is 0.241. The monoisotopic (exact) mass is 154 g/mol. The van der Waals surface area contributed by atoms with Crippen LogP contribution in [-0.2, 0) is 9.47 Å². The molecule has 0 bridgehead atoms. The largest absolute Gasteiger partial charge is 2.00 e. The number of hydrogen-bond acceptors (Lipinski definition) is 2. The Labute approximate surface area is 79.4 Å². The van der Waals surface area contributed by atoms with Gasteiger partial charge in [0.2, 0.25) is 0 Å². The van der Waals surface area contributed by atoms with E-state index in [1.165, 1.54) is 13.2 Å². The third-order valence-corrected chi connectivity index (χ3v) is 0.809. The maximum atomic E-state index is 4.60. The summed E-state index contributed by atoms with van der Waals surface area (Å²) in [6, 6.07) is 0. The van der Waals surface area contributed by atoms with Crippen LogP contribution in [0.25, 0.3) is 0 Å². The number of rotatable bonds is 1. The molecule has 1 fully saturated rings. The van der Waals surface area contributed by atoms with Crippen molar-refractivity contribution in [3.8, 4) is 0 Å². The first-order valence-corrected chi connectivity index (χ1v) is 3.26. The van der Waals surface area contributed by atoms with Gasteiger partial charge < -0.3 is 16.4 Å². The predicted octanol–water partition coefficient (Wildman–Crippen LogP) is 1.39. The first-order chi connectivity index (χ1) is 4.41. The van der Waals surface area contributed by atoms with Crippen LogP contribution in [-0.4, -0.2) is 36.3 Å². The normalized spacial score (nSPS) is 15.0. The van der Waals surface area contributed by atoms with Gasteiger partial charge in [-0.2, -0.15) is 6.42 Å². The Morgan fingerprint density at radius 2 is 1.80 bits per heavy atom. The minimum absolute atomic E-state index is 0. The molecule has 0 saturated carbocycles. The molecular formula is C7H14MgO2. The van der Waals surface area contributed by atoms with Crippen molar-refractivity contribution in [1.82, 2.24) is 0 Å². The summed E-state index contributed by atoms with van der Waals surface area (Å²) >= 11 is 0. The molecule has 1 aliphatic rings. The maximum absolute atomic E-state index is 4.60. The molecule has 0 atom stereocenters. The Balaban J connectivity index is 0. The minimum atomic E-state index is 0. The summed E-state index contributed by atoms with van der Waals surface area (Å²) in [5.74, 6) is 0. The third-order valence-electron chi connectivity index (χ3n) is 0.809. The van der Waals surface area contributed by atoms with Crippen LogP contribution in [0.15, 0.2) is 0 Å². The summed E-state index contributed by atoms with van der Waals surface area (Å²) in [6.07, 6.45) is 2.28. The van der Waals surface area contributed by atoms with Crippen molar-refractivity contribution in [2.75, 3.05) is 13.2 Å². The predicted molar refractivity (Wildman–Crippen MR) is 42.2 cm³/mol. The molecule has 0 aromatic rings. The Morgan fingerprint density at radius 3 is 1.90 bits per heavy atom. The van der Waals surface area contributed by atoms with Gasteiger partial charge in [-0.1, -0.05) is 20.1 Å². The molecule has 0 radical (unpaired) electrons. The molecule has 2 nitrogen and oxygen atoms in total. The third kappa shape index (κ3) is 11.5. The van der Waals surface area contributed by atoms with E-state index < -0.39 is 0 Å². The van der Waals surface area contributed by atoms with Crippen molar-refractivity contribution in [1.29, 1.82) is 0 Å². The van der Waals surface area contributed by atoms with Crippen LogP contribution < -0.4 is 0 Å². The van der Waals surface area contributed by atoms with Crippen LogP contribution in [0, 0.1) is 13.7 Å².